The molecule has 0 saturated carbocycles. The molecule has 0 N–H and O–H groups in total. The Balaban J connectivity index is 1.29. The summed E-state index contributed by atoms with van der Waals surface area (Å²) in [6.07, 6.45) is 1.84. The number of amides is 1. The lowest BCUT2D eigenvalue weighted by atomic mass is 10.1. The number of methoxy groups -OCH3 is 1. The number of carbonyl (C=O) groups is 1. The van der Waals surface area contributed by atoms with Crippen molar-refractivity contribution in [2.45, 2.75) is 31.9 Å². The van der Waals surface area contributed by atoms with Crippen LogP contribution in [-0.4, -0.2) is 55.4 Å². The van der Waals surface area contributed by atoms with Crippen molar-refractivity contribution in [2.75, 3.05) is 33.5 Å². The molecule has 6 rings (SSSR count). The number of hydrogen-bond acceptors (Lipinski definition) is 7. The zero-order chi connectivity index (χ0) is 25.9. The zero-order valence-corrected chi connectivity index (χ0v) is 22.2. The quantitative estimate of drug-likeness (QED) is 0.315. The molecule has 1 saturated heterocycles. The molecule has 1 atom stereocenters. The van der Waals surface area contributed by atoms with Crippen molar-refractivity contribution in [2.24, 2.45) is 0 Å². The Bertz CT molecular complexity index is 1410. The molecule has 1 amide bonds. The summed E-state index contributed by atoms with van der Waals surface area (Å²) >= 11 is 1.65. The van der Waals surface area contributed by atoms with E-state index < -0.39 is 0 Å². The van der Waals surface area contributed by atoms with Crippen LogP contribution >= 0.6 is 11.3 Å². The lowest BCUT2D eigenvalue weighted by molar-refractivity contribution is -0.131. The number of ether oxygens (including phenoxy) is 4. The van der Waals surface area contributed by atoms with Gasteiger partial charge in [-0.15, -0.1) is 11.3 Å². The van der Waals surface area contributed by atoms with Crippen LogP contribution in [-0.2, 0) is 22.5 Å². The van der Waals surface area contributed by atoms with Gasteiger partial charge in [-0.1, -0.05) is 30.3 Å². The highest BCUT2D eigenvalue weighted by Gasteiger charge is 2.27. The third-order valence-corrected chi connectivity index (χ3v) is 8.06. The Labute approximate surface area is 225 Å². The summed E-state index contributed by atoms with van der Waals surface area (Å²) < 4.78 is 24.8. The second kappa shape index (κ2) is 11.0. The fraction of sp³-hybridized carbons (Fsp3) is 0.333. The van der Waals surface area contributed by atoms with Gasteiger partial charge >= 0.3 is 0 Å². The summed E-state index contributed by atoms with van der Waals surface area (Å²) in [6, 6.07) is 20.1. The van der Waals surface area contributed by atoms with Gasteiger partial charge in [0.15, 0.2) is 11.5 Å². The van der Waals surface area contributed by atoms with Crippen LogP contribution in [0.25, 0.3) is 20.8 Å². The minimum absolute atomic E-state index is 0.0184. The first-order valence-electron chi connectivity index (χ1n) is 13.0. The first-order valence-corrected chi connectivity index (χ1v) is 13.8. The molecule has 1 fully saturated rings. The lowest BCUT2D eigenvalue weighted by Crippen LogP contribution is -2.32. The van der Waals surface area contributed by atoms with Gasteiger partial charge < -0.3 is 23.8 Å². The summed E-state index contributed by atoms with van der Waals surface area (Å²) in [7, 11) is 1.66. The maximum absolute atomic E-state index is 13.3. The molecule has 4 aromatic rings. The van der Waals surface area contributed by atoms with Crippen molar-refractivity contribution in [3.8, 4) is 27.8 Å². The van der Waals surface area contributed by atoms with Gasteiger partial charge in [-0.25, -0.2) is 4.98 Å². The van der Waals surface area contributed by atoms with Crippen LogP contribution in [0.2, 0.25) is 0 Å². The van der Waals surface area contributed by atoms with Crippen LogP contribution in [0.15, 0.2) is 60.7 Å². The molecular weight excluding hydrogens is 500 g/mol. The first kappa shape index (κ1) is 24.7. The molecule has 1 aromatic heterocycles. The lowest BCUT2D eigenvalue weighted by Gasteiger charge is -2.21. The number of fused-ring (bicyclic) bond motifs is 2. The maximum atomic E-state index is 13.3. The molecule has 38 heavy (non-hydrogen) atoms. The molecule has 0 spiro atoms. The number of aryl methyl sites for hydroxylation is 1. The van der Waals surface area contributed by atoms with E-state index in [1.54, 1.807) is 18.4 Å². The van der Waals surface area contributed by atoms with Crippen LogP contribution in [0.3, 0.4) is 0 Å². The summed E-state index contributed by atoms with van der Waals surface area (Å²) in [4.78, 5) is 20.1. The highest BCUT2D eigenvalue weighted by Crippen LogP contribution is 2.41. The normalized spacial score (nSPS) is 17.1. The third kappa shape index (κ3) is 5.19. The number of hydrogen-bond donors (Lipinski definition) is 0. The average Bonchev–Trinajstić information content (AvgIpc) is 3.57. The molecule has 3 heterocycles. The summed E-state index contributed by atoms with van der Waals surface area (Å²) in [6.45, 7) is 2.64. The largest absolute Gasteiger partial charge is 0.496 e. The number of thiazole rings is 1. The Morgan fingerprint density at radius 1 is 1.11 bits per heavy atom. The molecule has 7 nitrogen and oxygen atoms in total. The Morgan fingerprint density at radius 3 is 2.82 bits per heavy atom. The van der Waals surface area contributed by atoms with E-state index in [-0.39, 0.29) is 12.0 Å². The molecule has 1 unspecified atom stereocenters. The summed E-state index contributed by atoms with van der Waals surface area (Å²) in [5, 5.41) is 0.916. The minimum Gasteiger partial charge on any atom is -0.496 e. The predicted octanol–water partition coefficient (Wildman–Crippen LogP) is 5.49. The fourth-order valence-electron chi connectivity index (χ4n) is 5.00. The number of carbonyl (C=O) groups excluding carboxylic acids is 1. The van der Waals surface area contributed by atoms with Crippen LogP contribution < -0.4 is 14.2 Å². The molecule has 0 radical (unpaired) electrons. The smallest absolute Gasteiger partial charge is 0.223 e. The van der Waals surface area contributed by atoms with Crippen molar-refractivity contribution in [1.82, 2.24) is 9.88 Å². The molecule has 2 aliphatic heterocycles. The van der Waals surface area contributed by atoms with E-state index in [1.807, 2.05) is 53.4 Å². The van der Waals surface area contributed by atoms with Crippen LogP contribution in [0.5, 0.6) is 17.2 Å². The van der Waals surface area contributed by atoms with E-state index in [4.69, 9.17) is 23.9 Å². The van der Waals surface area contributed by atoms with E-state index >= 15 is 0 Å². The van der Waals surface area contributed by atoms with E-state index in [9.17, 15) is 4.79 Å². The number of rotatable bonds is 7. The second-order valence-electron chi connectivity index (χ2n) is 9.53. The van der Waals surface area contributed by atoms with E-state index in [2.05, 4.69) is 12.1 Å². The second-order valence-corrected chi connectivity index (χ2v) is 10.6. The van der Waals surface area contributed by atoms with E-state index in [0.717, 1.165) is 44.1 Å². The highest BCUT2D eigenvalue weighted by molar-refractivity contribution is 7.21. The fourth-order valence-corrected chi connectivity index (χ4v) is 5.95. The molecule has 0 aliphatic carbocycles. The number of nitrogens with zero attached hydrogens (tertiary/aromatic N) is 2. The average molecular weight is 531 g/mol. The predicted molar refractivity (Wildman–Crippen MR) is 147 cm³/mol. The van der Waals surface area contributed by atoms with Crippen LogP contribution in [0.4, 0.5) is 0 Å². The van der Waals surface area contributed by atoms with Crippen LogP contribution in [0.1, 0.15) is 24.0 Å². The Morgan fingerprint density at radius 2 is 1.97 bits per heavy atom. The van der Waals surface area contributed by atoms with Gasteiger partial charge in [0, 0.05) is 30.5 Å². The third-order valence-electron chi connectivity index (χ3n) is 6.98. The van der Waals surface area contributed by atoms with Gasteiger partial charge in [-0.3, -0.25) is 4.79 Å². The minimum atomic E-state index is -0.0184. The number of benzene rings is 3. The summed E-state index contributed by atoms with van der Waals surface area (Å²) in [5.74, 6) is 2.30. The van der Waals surface area contributed by atoms with Crippen molar-refractivity contribution in [1.29, 1.82) is 0 Å². The van der Waals surface area contributed by atoms with E-state index in [0.29, 0.717) is 57.3 Å². The molecular formula is C30H30N2O5S. The van der Waals surface area contributed by atoms with E-state index in [1.165, 1.54) is 0 Å². The van der Waals surface area contributed by atoms with Gasteiger partial charge in [0.05, 0.1) is 37.1 Å². The molecule has 8 heteroatoms. The maximum Gasteiger partial charge on any atom is 0.223 e. The number of para-hydroxylation sites is 2. The zero-order valence-electron chi connectivity index (χ0n) is 21.4. The summed E-state index contributed by atoms with van der Waals surface area (Å²) in [5.41, 5.74) is 3.89. The van der Waals surface area contributed by atoms with Gasteiger partial charge in [-0.2, -0.15) is 0 Å². The van der Waals surface area contributed by atoms with Crippen LogP contribution in [0, 0.1) is 0 Å². The van der Waals surface area contributed by atoms with Gasteiger partial charge in [0.25, 0.3) is 0 Å². The topological polar surface area (TPSA) is 70.1 Å². The molecule has 2 aliphatic rings. The van der Waals surface area contributed by atoms with Crippen molar-refractivity contribution in [3.05, 3.63) is 71.8 Å². The molecule has 196 valence electrons. The standard InChI is InChI=1S/C30H30N2O5S/c1-34-25-8-4-2-6-20(25)10-11-28(33)32-13-15-36-29-22(18-32)16-21(17-26(29)37-23-12-14-35-19-23)30-31-24-7-3-5-9-27(24)38-30/h2-9,16-17,23H,10-15,18-19H2,1H3. The monoisotopic (exact) mass is 530 g/mol. The Hall–Kier alpha value is -3.62. The van der Waals surface area contributed by atoms with Gasteiger partial charge in [0.1, 0.15) is 23.5 Å². The SMILES string of the molecule is COc1ccccc1CCC(=O)N1CCOc2c(cc(-c3nc4ccccc4s3)cc2OC2CCOC2)C1. The number of aromatic nitrogens is 1. The van der Waals surface area contributed by atoms with Crippen molar-refractivity contribution in [3.63, 3.8) is 0 Å². The van der Waals surface area contributed by atoms with Gasteiger partial charge in [-0.05, 0) is 42.3 Å². The first-order chi connectivity index (χ1) is 18.7. The molecule has 0 bridgehead atoms. The highest BCUT2D eigenvalue weighted by atomic mass is 32.1. The van der Waals surface area contributed by atoms with Gasteiger partial charge in [0.2, 0.25) is 5.91 Å². The molecule has 3 aromatic carbocycles. The van der Waals surface area contributed by atoms with Crippen molar-refractivity contribution < 1.29 is 23.7 Å². The van der Waals surface area contributed by atoms with Crippen molar-refractivity contribution >= 4 is 27.5 Å². The Kier molecular flexibility index (Phi) is 7.16.